The molecule has 2 saturated carbocycles. The summed E-state index contributed by atoms with van der Waals surface area (Å²) in [7, 11) is 0. The van der Waals surface area contributed by atoms with Crippen molar-refractivity contribution in [1.82, 2.24) is 5.32 Å². The van der Waals surface area contributed by atoms with Gasteiger partial charge in [0.1, 0.15) is 0 Å². The Bertz CT molecular complexity index is 293. The third kappa shape index (κ3) is 2.37. The number of carbonyl (C=O) groups excluding carboxylic acids is 1. The third-order valence-electron chi connectivity index (χ3n) is 3.90. The molecule has 0 aliphatic heterocycles. The Hall–Kier alpha value is -0.640. The van der Waals surface area contributed by atoms with Crippen LogP contribution in [0.25, 0.3) is 0 Å². The van der Waals surface area contributed by atoms with Gasteiger partial charge < -0.3 is 11.1 Å². The molecule has 4 heteroatoms. The molecule has 16 heavy (non-hydrogen) atoms. The second-order valence-electron chi connectivity index (χ2n) is 5.14. The van der Waals surface area contributed by atoms with Gasteiger partial charge in [-0.05, 0) is 25.2 Å². The molecule has 3 nitrogen and oxygen atoms in total. The van der Waals surface area contributed by atoms with Gasteiger partial charge in [-0.15, -0.1) is 0 Å². The Labute approximate surface area is 102 Å². The van der Waals surface area contributed by atoms with E-state index >= 15 is 0 Å². The molecule has 2 aliphatic rings. The van der Waals surface area contributed by atoms with Crippen LogP contribution in [0, 0.1) is 11.3 Å². The van der Waals surface area contributed by atoms with Gasteiger partial charge in [0, 0.05) is 6.54 Å². The van der Waals surface area contributed by atoms with Crippen molar-refractivity contribution in [3.8, 4) is 0 Å². The molecule has 0 aromatic carbocycles. The zero-order valence-corrected chi connectivity index (χ0v) is 10.4. The average Bonchev–Trinajstić information content (AvgIpc) is 2.93. The molecule has 0 aromatic rings. The van der Waals surface area contributed by atoms with Crippen LogP contribution in [0.4, 0.5) is 0 Å². The van der Waals surface area contributed by atoms with E-state index in [1.54, 1.807) is 0 Å². The Balaban J connectivity index is 1.86. The molecule has 2 fully saturated rings. The number of nitrogens with two attached hydrogens (primary N) is 1. The molecule has 3 N–H and O–H groups in total. The summed E-state index contributed by atoms with van der Waals surface area (Å²) in [6, 6.07) is 0. The first-order chi connectivity index (χ1) is 7.65. The van der Waals surface area contributed by atoms with Crippen LogP contribution in [0.5, 0.6) is 0 Å². The molecule has 0 atom stereocenters. The maximum atomic E-state index is 12.1. The van der Waals surface area contributed by atoms with E-state index in [0.717, 1.165) is 44.6 Å². The van der Waals surface area contributed by atoms with Crippen LogP contribution in [0.1, 0.15) is 44.9 Å². The summed E-state index contributed by atoms with van der Waals surface area (Å²) >= 11 is 5.08. The summed E-state index contributed by atoms with van der Waals surface area (Å²) in [5.41, 5.74) is 5.22. The van der Waals surface area contributed by atoms with Crippen molar-refractivity contribution in [3.63, 3.8) is 0 Å². The Morgan fingerprint density at radius 3 is 2.50 bits per heavy atom. The number of nitrogens with one attached hydrogen (secondary N) is 1. The minimum absolute atomic E-state index is 0.0677. The van der Waals surface area contributed by atoms with Gasteiger partial charge in [-0.25, -0.2) is 0 Å². The first-order valence-corrected chi connectivity index (χ1v) is 6.64. The first kappa shape index (κ1) is 11.8. The highest BCUT2D eigenvalue weighted by Gasteiger charge is 2.43. The highest BCUT2D eigenvalue weighted by Crippen LogP contribution is 2.39. The zero-order chi connectivity index (χ0) is 11.6. The standard InChI is InChI=1S/C12H20N2OS/c13-10(16)12(6-1-2-7-12)11(15)14-8-5-9-3-4-9/h9H,1-8H2,(H2,13,16)(H,14,15). The van der Waals surface area contributed by atoms with Gasteiger partial charge in [-0.3, -0.25) is 4.79 Å². The molecule has 0 spiro atoms. The lowest BCUT2D eigenvalue weighted by Gasteiger charge is -2.26. The minimum atomic E-state index is -0.529. The predicted molar refractivity (Wildman–Crippen MR) is 68.0 cm³/mol. The lowest BCUT2D eigenvalue weighted by molar-refractivity contribution is -0.127. The van der Waals surface area contributed by atoms with Crippen LogP contribution in [-0.4, -0.2) is 17.4 Å². The van der Waals surface area contributed by atoms with Crippen molar-refractivity contribution < 1.29 is 4.79 Å². The van der Waals surface area contributed by atoms with E-state index in [-0.39, 0.29) is 5.91 Å². The first-order valence-electron chi connectivity index (χ1n) is 6.23. The van der Waals surface area contributed by atoms with E-state index in [1.807, 2.05) is 0 Å². The minimum Gasteiger partial charge on any atom is -0.392 e. The molecule has 0 bridgehead atoms. The van der Waals surface area contributed by atoms with Gasteiger partial charge in [0.2, 0.25) is 5.91 Å². The van der Waals surface area contributed by atoms with Crippen molar-refractivity contribution in [1.29, 1.82) is 0 Å². The van der Waals surface area contributed by atoms with Crippen molar-refractivity contribution in [2.75, 3.05) is 6.54 Å². The Morgan fingerprint density at radius 1 is 1.38 bits per heavy atom. The number of amides is 1. The largest absolute Gasteiger partial charge is 0.392 e. The van der Waals surface area contributed by atoms with Gasteiger partial charge in [0.05, 0.1) is 10.4 Å². The summed E-state index contributed by atoms with van der Waals surface area (Å²) in [5, 5.41) is 3.01. The molecule has 0 radical (unpaired) electrons. The highest BCUT2D eigenvalue weighted by atomic mass is 32.1. The number of hydrogen-bond donors (Lipinski definition) is 2. The molecular weight excluding hydrogens is 220 g/mol. The van der Waals surface area contributed by atoms with Crippen molar-refractivity contribution >= 4 is 23.1 Å². The molecule has 2 aliphatic carbocycles. The molecule has 0 aromatic heterocycles. The highest BCUT2D eigenvalue weighted by molar-refractivity contribution is 7.80. The maximum Gasteiger partial charge on any atom is 0.233 e. The molecule has 0 heterocycles. The van der Waals surface area contributed by atoms with Crippen LogP contribution in [0.3, 0.4) is 0 Å². The molecule has 90 valence electrons. The second kappa shape index (κ2) is 4.70. The summed E-state index contributed by atoms with van der Waals surface area (Å²) in [5.74, 6) is 0.919. The maximum absolute atomic E-state index is 12.1. The van der Waals surface area contributed by atoms with E-state index in [0.29, 0.717) is 4.99 Å². The topological polar surface area (TPSA) is 55.1 Å². The molecule has 0 saturated heterocycles. The fourth-order valence-electron chi connectivity index (χ4n) is 2.53. The summed E-state index contributed by atoms with van der Waals surface area (Å²) in [6.07, 6.45) is 7.56. The molecule has 0 unspecified atom stereocenters. The fourth-order valence-corrected chi connectivity index (χ4v) is 2.83. The van der Waals surface area contributed by atoms with Crippen molar-refractivity contribution in [2.24, 2.45) is 17.1 Å². The van der Waals surface area contributed by atoms with Crippen LogP contribution >= 0.6 is 12.2 Å². The van der Waals surface area contributed by atoms with E-state index in [1.165, 1.54) is 12.8 Å². The lowest BCUT2D eigenvalue weighted by atomic mass is 9.85. The summed E-state index contributed by atoms with van der Waals surface area (Å²) in [6.45, 7) is 0.786. The number of rotatable bonds is 5. The average molecular weight is 240 g/mol. The Morgan fingerprint density at radius 2 is 2.00 bits per heavy atom. The molecular formula is C12H20N2OS. The molecule has 2 rings (SSSR count). The Kier molecular flexibility index (Phi) is 3.47. The van der Waals surface area contributed by atoms with Crippen LogP contribution in [0.15, 0.2) is 0 Å². The van der Waals surface area contributed by atoms with Crippen LogP contribution in [0.2, 0.25) is 0 Å². The van der Waals surface area contributed by atoms with Crippen molar-refractivity contribution in [2.45, 2.75) is 44.9 Å². The van der Waals surface area contributed by atoms with Crippen LogP contribution in [-0.2, 0) is 4.79 Å². The van der Waals surface area contributed by atoms with Crippen LogP contribution < -0.4 is 11.1 Å². The quantitative estimate of drug-likeness (QED) is 0.720. The summed E-state index contributed by atoms with van der Waals surface area (Å²) in [4.78, 5) is 12.5. The van der Waals surface area contributed by atoms with Gasteiger partial charge in [0.25, 0.3) is 0 Å². The number of thiocarbonyl (C=S) groups is 1. The van der Waals surface area contributed by atoms with Gasteiger partial charge in [-0.2, -0.15) is 0 Å². The van der Waals surface area contributed by atoms with E-state index in [9.17, 15) is 4.79 Å². The number of carbonyl (C=O) groups is 1. The van der Waals surface area contributed by atoms with Crippen molar-refractivity contribution in [3.05, 3.63) is 0 Å². The van der Waals surface area contributed by atoms with Gasteiger partial charge in [0.15, 0.2) is 0 Å². The lowest BCUT2D eigenvalue weighted by Crippen LogP contribution is -2.47. The predicted octanol–water partition coefficient (Wildman–Crippen LogP) is 1.75. The summed E-state index contributed by atoms with van der Waals surface area (Å²) < 4.78 is 0. The SMILES string of the molecule is NC(=S)C1(C(=O)NCCC2CC2)CCCC1. The smallest absolute Gasteiger partial charge is 0.233 e. The zero-order valence-electron chi connectivity index (χ0n) is 9.63. The third-order valence-corrected chi connectivity index (χ3v) is 4.29. The monoisotopic (exact) mass is 240 g/mol. The normalized spacial score (nSPS) is 23.0. The second-order valence-corrected chi connectivity index (χ2v) is 5.58. The van der Waals surface area contributed by atoms with Gasteiger partial charge >= 0.3 is 0 Å². The van der Waals surface area contributed by atoms with Gasteiger partial charge in [-0.1, -0.05) is 37.9 Å². The van der Waals surface area contributed by atoms with E-state index < -0.39 is 5.41 Å². The molecule has 1 amide bonds. The number of hydrogen-bond acceptors (Lipinski definition) is 2. The van der Waals surface area contributed by atoms with E-state index in [4.69, 9.17) is 18.0 Å². The fraction of sp³-hybridized carbons (Fsp3) is 0.833. The van der Waals surface area contributed by atoms with E-state index in [2.05, 4.69) is 5.32 Å².